The maximum atomic E-state index is 9.60. The standard InChI is InChI=1S/C29H27NO2/c31-27-18-16-22(17-19-27)20-26-21-32-28(30-26)29(23-10-4-1-5-11-23,24-12-6-2-7-13-24)25-14-8-3-9-15-25/h1-19,26,28,30-31H,20-21H2. The van der Waals surface area contributed by atoms with Crippen LogP contribution < -0.4 is 5.32 Å². The monoisotopic (exact) mass is 421 g/mol. The topological polar surface area (TPSA) is 41.5 Å². The Labute approximate surface area is 189 Å². The van der Waals surface area contributed by atoms with Crippen LogP contribution in [0.4, 0.5) is 0 Å². The van der Waals surface area contributed by atoms with E-state index in [1.165, 1.54) is 22.3 Å². The number of ether oxygens (including phenoxy) is 1. The molecule has 2 N–H and O–H groups in total. The number of rotatable bonds is 6. The Morgan fingerprint density at radius 2 is 1.16 bits per heavy atom. The third kappa shape index (κ3) is 3.81. The Balaban J connectivity index is 1.58. The van der Waals surface area contributed by atoms with Crippen LogP contribution in [0.15, 0.2) is 115 Å². The zero-order valence-corrected chi connectivity index (χ0v) is 17.9. The summed E-state index contributed by atoms with van der Waals surface area (Å²) in [6.07, 6.45) is 0.613. The summed E-state index contributed by atoms with van der Waals surface area (Å²) in [6, 6.07) is 39.5. The van der Waals surface area contributed by atoms with Crippen LogP contribution in [0.25, 0.3) is 0 Å². The molecule has 1 saturated heterocycles. The molecule has 1 fully saturated rings. The number of benzene rings is 4. The molecule has 3 heteroatoms. The van der Waals surface area contributed by atoms with Gasteiger partial charge in [0.1, 0.15) is 12.0 Å². The molecule has 0 aliphatic carbocycles. The van der Waals surface area contributed by atoms with Crippen molar-refractivity contribution in [1.82, 2.24) is 5.32 Å². The summed E-state index contributed by atoms with van der Waals surface area (Å²) in [4.78, 5) is 0. The molecular formula is C29H27NO2. The van der Waals surface area contributed by atoms with Crippen LogP contribution >= 0.6 is 0 Å². The molecule has 1 aliphatic rings. The summed E-state index contributed by atoms with van der Waals surface area (Å²) in [6.45, 7) is 0.625. The van der Waals surface area contributed by atoms with Gasteiger partial charge in [-0.25, -0.2) is 0 Å². The van der Waals surface area contributed by atoms with E-state index in [1.807, 2.05) is 12.1 Å². The average Bonchev–Trinajstić information content (AvgIpc) is 3.32. The Hall–Kier alpha value is -3.40. The molecule has 5 rings (SSSR count). The summed E-state index contributed by atoms with van der Waals surface area (Å²) >= 11 is 0. The maximum absolute atomic E-state index is 9.60. The molecule has 0 aromatic heterocycles. The maximum Gasteiger partial charge on any atom is 0.126 e. The predicted molar refractivity (Wildman–Crippen MR) is 128 cm³/mol. The van der Waals surface area contributed by atoms with Crippen molar-refractivity contribution in [3.8, 4) is 5.75 Å². The fraction of sp³-hybridized carbons (Fsp3) is 0.172. The van der Waals surface area contributed by atoms with Crippen LogP contribution in [0.3, 0.4) is 0 Å². The van der Waals surface area contributed by atoms with E-state index in [0.717, 1.165) is 6.42 Å². The molecule has 0 spiro atoms. The van der Waals surface area contributed by atoms with Crippen molar-refractivity contribution in [2.45, 2.75) is 24.1 Å². The van der Waals surface area contributed by atoms with Crippen molar-refractivity contribution in [3.63, 3.8) is 0 Å². The highest BCUT2D eigenvalue weighted by atomic mass is 16.5. The van der Waals surface area contributed by atoms with E-state index in [1.54, 1.807) is 12.1 Å². The van der Waals surface area contributed by atoms with Gasteiger partial charge in [0.15, 0.2) is 0 Å². The first kappa shape index (κ1) is 20.5. The largest absolute Gasteiger partial charge is 0.508 e. The lowest BCUT2D eigenvalue weighted by Crippen LogP contribution is -2.49. The molecule has 2 unspecified atom stereocenters. The summed E-state index contributed by atoms with van der Waals surface area (Å²) in [5.74, 6) is 0.290. The number of phenols is 1. The van der Waals surface area contributed by atoms with E-state index in [2.05, 4.69) is 96.3 Å². The van der Waals surface area contributed by atoms with Gasteiger partial charge >= 0.3 is 0 Å². The van der Waals surface area contributed by atoms with E-state index in [4.69, 9.17) is 4.74 Å². The van der Waals surface area contributed by atoms with Crippen LogP contribution in [0.2, 0.25) is 0 Å². The second-order valence-electron chi connectivity index (χ2n) is 8.35. The zero-order valence-electron chi connectivity index (χ0n) is 17.9. The second-order valence-corrected chi connectivity index (χ2v) is 8.35. The molecule has 2 atom stereocenters. The lowest BCUT2D eigenvalue weighted by atomic mass is 9.68. The van der Waals surface area contributed by atoms with Gasteiger partial charge in [0.2, 0.25) is 0 Å². The Morgan fingerprint density at radius 1 is 0.688 bits per heavy atom. The smallest absolute Gasteiger partial charge is 0.126 e. The average molecular weight is 422 g/mol. The van der Waals surface area contributed by atoms with E-state index >= 15 is 0 Å². The van der Waals surface area contributed by atoms with Gasteiger partial charge in [-0.05, 0) is 40.8 Å². The minimum absolute atomic E-state index is 0.181. The molecule has 3 nitrogen and oxygen atoms in total. The van der Waals surface area contributed by atoms with Gasteiger partial charge in [-0.2, -0.15) is 0 Å². The SMILES string of the molecule is Oc1ccc(CC2COC(C(c3ccccc3)(c3ccccc3)c3ccccc3)N2)cc1. The Bertz CT molecular complexity index is 1030. The minimum atomic E-state index is -0.493. The highest BCUT2D eigenvalue weighted by Crippen LogP contribution is 2.44. The Morgan fingerprint density at radius 3 is 1.62 bits per heavy atom. The fourth-order valence-corrected chi connectivity index (χ4v) is 4.86. The van der Waals surface area contributed by atoms with Gasteiger partial charge in [-0.15, -0.1) is 0 Å². The molecule has 1 aliphatic heterocycles. The van der Waals surface area contributed by atoms with Crippen molar-refractivity contribution < 1.29 is 9.84 Å². The number of aromatic hydroxyl groups is 1. The minimum Gasteiger partial charge on any atom is -0.508 e. The van der Waals surface area contributed by atoms with Crippen molar-refractivity contribution in [3.05, 3.63) is 138 Å². The highest BCUT2D eigenvalue weighted by Gasteiger charge is 2.47. The van der Waals surface area contributed by atoms with Crippen molar-refractivity contribution in [1.29, 1.82) is 0 Å². The summed E-state index contributed by atoms with van der Waals surface area (Å²) in [5.41, 5.74) is 4.27. The second kappa shape index (κ2) is 8.99. The Kier molecular flexibility index (Phi) is 5.76. The van der Waals surface area contributed by atoms with Gasteiger partial charge < -0.3 is 9.84 Å². The van der Waals surface area contributed by atoms with Crippen LogP contribution in [0.5, 0.6) is 5.75 Å². The van der Waals surface area contributed by atoms with Crippen LogP contribution in [0.1, 0.15) is 22.3 Å². The van der Waals surface area contributed by atoms with E-state index in [0.29, 0.717) is 12.4 Å². The lowest BCUT2D eigenvalue weighted by molar-refractivity contribution is 0.0614. The number of nitrogens with one attached hydrogen (secondary N) is 1. The van der Waals surface area contributed by atoms with Crippen LogP contribution in [-0.4, -0.2) is 24.0 Å². The van der Waals surface area contributed by atoms with Crippen molar-refractivity contribution in [2.75, 3.05) is 6.61 Å². The fourth-order valence-electron chi connectivity index (χ4n) is 4.86. The van der Waals surface area contributed by atoms with E-state index in [9.17, 15) is 5.11 Å². The van der Waals surface area contributed by atoms with Gasteiger partial charge in [0.25, 0.3) is 0 Å². The molecular weight excluding hydrogens is 394 g/mol. The first-order chi connectivity index (χ1) is 15.8. The first-order valence-corrected chi connectivity index (χ1v) is 11.1. The molecule has 32 heavy (non-hydrogen) atoms. The highest BCUT2D eigenvalue weighted by molar-refractivity contribution is 5.52. The molecule has 160 valence electrons. The molecule has 0 bridgehead atoms. The van der Waals surface area contributed by atoms with E-state index in [-0.39, 0.29) is 12.3 Å². The number of phenolic OH excluding ortho intramolecular Hbond substituents is 1. The van der Waals surface area contributed by atoms with Gasteiger partial charge in [-0.1, -0.05) is 103 Å². The molecule has 1 heterocycles. The lowest BCUT2D eigenvalue weighted by Gasteiger charge is -2.40. The molecule has 0 radical (unpaired) electrons. The molecule has 0 amide bonds. The van der Waals surface area contributed by atoms with Crippen molar-refractivity contribution >= 4 is 0 Å². The number of hydrogen-bond donors (Lipinski definition) is 2. The molecule has 0 saturated carbocycles. The van der Waals surface area contributed by atoms with Crippen molar-refractivity contribution in [2.24, 2.45) is 0 Å². The third-order valence-electron chi connectivity index (χ3n) is 6.35. The van der Waals surface area contributed by atoms with Crippen LogP contribution in [0, 0.1) is 0 Å². The first-order valence-electron chi connectivity index (χ1n) is 11.1. The quantitative estimate of drug-likeness (QED) is 0.416. The summed E-state index contributed by atoms with van der Waals surface area (Å²) in [5, 5.41) is 13.4. The summed E-state index contributed by atoms with van der Waals surface area (Å²) < 4.78 is 6.53. The van der Waals surface area contributed by atoms with Gasteiger partial charge in [-0.3, -0.25) is 5.32 Å². The third-order valence-corrected chi connectivity index (χ3v) is 6.35. The van der Waals surface area contributed by atoms with Crippen LogP contribution in [-0.2, 0) is 16.6 Å². The zero-order chi connectivity index (χ0) is 21.8. The molecule has 4 aromatic rings. The predicted octanol–water partition coefficient (Wildman–Crippen LogP) is 5.28. The molecule has 4 aromatic carbocycles. The number of hydrogen-bond acceptors (Lipinski definition) is 3. The normalized spacial score (nSPS) is 18.5. The van der Waals surface area contributed by atoms with E-state index < -0.39 is 5.41 Å². The van der Waals surface area contributed by atoms with Gasteiger partial charge in [0.05, 0.1) is 12.0 Å². The summed E-state index contributed by atoms with van der Waals surface area (Å²) in [7, 11) is 0. The van der Waals surface area contributed by atoms with Gasteiger partial charge in [0, 0.05) is 6.04 Å².